The normalized spacial score (nSPS) is 10.9. The van der Waals surface area contributed by atoms with Gasteiger partial charge in [0, 0.05) is 5.38 Å². The van der Waals surface area contributed by atoms with Crippen LogP contribution in [0.3, 0.4) is 0 Å². The first-order valence-corrected chi connectivity index (χ1v) is 9.81. The molecule has 1 amide bonds. The Morgan fingerprint density at radius 3 is 2.84 bits per heavy atom. The number of amides is 1. The molecule has 0 saturated heterocycles. The van der Waals surface area contributed by atoms with Crippen molar-refractivity contribution >= 4 is 33.7 Å². The van der Waals surface area contributed by atoms with E-state index in [1.807, 2.05) is 35.9 Å². The second-order valence-electron chi connectivity index (χ2n) is 6.05. The highest BCUT2D eigenvalue weighted by Crippen LogP contribution is 2.29. The molecule has 25 heavy (non-hydrogen) atoms. The lowest BCUT2D eigenvalue weighted by Crippen LogP contribution is -2.20. The third-order valence-corrected chi connectivity index (χ3v) is 5.32. The van der Waals surface area contributed by atoms with Crippen molar-refractivity contribution in [2.45, 2.75) is 26.7 Å². The molecule has 3 rings (SSSR count). The van der Waals surface area contributed by atoms with E-state index in [-0.39, 0.29) is 12.5 Å². The van der Waals surface area contributed by atoms with Gasteiger partial charge in [-0.05, 0) is 41.5 Å². The molecular weight excluding hydrogens is 352 g/mol. The van der Waals surface area contributed by atoms with Crippen LogP contribution in [0.5, 0.6) is 5.75 Å². The average Bonchev–Trinajstić information content (AvgIpc) is 3.23. The largest absolute Gasteiger partial charge is 0.483 e. The van der Waals surface area contributed by atoms with Crippen LogP contribution in [0.1, 0.15) is 30.9 Å². The van der Waals surface area contributed by atoms with Gasteiger partial charge in [0.1, 0.15) is 5.75 Å². The highest BCUT2D eigenvalue weighted by Gasteiger charge is 2.12. The summed E-state index contributed by atoms with van der Waals surface area (Å²) in [6.45, 7) is 6.20. The Kier molecular flexibility index (Phi) is 5.50. The third-order valence-electron chi connectivity index (χ3n) is 3.67. The fourth-order valence-corrected chi connectivity index (χ4v) is 3.90. The standard InChI is InChI=1S/C19H20N2O2S2/c1-12(2)14-7-6-13(3)9-16(14)23-10-18(22)21-19-20-15(11-25-19)17-5-4-8-24-17/h4-9,11-12H,10H2,1-3H3,(H,20,21,22). The molecule has 0 aliphatic carbocycles. The zero-order valence-electron chi connectivity index (χ0n) is 14.4. The number of thiophene rings is 1. The van der Waals surface area contributed by atoms with Gasteiger partial charge in [-0.1, -0.05) is 32.0 Å². The Balaban J connectivity index is 1.61. The van der Waals surface area contributed by atoms with Gasteiger partial charge >= 0.3 is 0 Å². The molecule has 0 aliphatic heterocycles. The summed E-state index contributed by atoms with van der Waals surface area (Å²) in [5.74, 6) is 0.901. The number of anilines is 1. The monoisotopic (exact) mass is 372 g/mol. The summed E-state index contributed by atoms with van der Waals surface area (Å²) in [6, 6.07) is 10.1. The van der Waals surface area contributed by atoms with Gasteiger partial charge in [0.25, 0.3) is 5.91 Å². The molecule has 2 heterocycles. The number of nitrogens with one attached hydrogen (secondary N) is 1. The van der Waals surface area contributed by atoms with Crippen LogP contribution in [0.15, 0.2) is 41.1 Å². The topological polar surface area (TPSA) is 51.2 Å². The zero-order chi connectivity index (χ0) is 17.8. The van der Waals surface area contributed by atoms with E-state index in [4.69, 9.17) is 4.74 Å². The molecule has 0 fully saturated rings. The summed E-state index contributed by atoms with van der Waals surface area (Å²) >= 11 is 3.04. The predicted molar refractivity (Wildman–Crippen MR) is 105 cm³/mol. The van der Waals surface area contributed by atoms with Crippen LogP contribution >= 0.6 is 22.7 Å². The quantitative estimate of drug-likeness (QED) is 0.637. The van der Waals surface area contributed by atoms with Crippen LogP contribution in [-0.2, 0) is 4.79 Å². The summed E-state index contributed by atoms with van der Waals surface area (Å²) in [4.78, 5) is 17.7. The second kappa shape index (κ2) is 7.80. The molecule has 4 nitrogen and oxygen atoms in total. The molecule has 130 valence electrons. The number of rotatable bonds is 6. The molecule has 0 radical (unpaired) electrons. The molecule has 2 aromatic heterocycles. The van der Waals surface area contributed by atoms with E-state index in [9.17, 15) is 4.79 Å². The molecule has 1 aromatic carbocycles. The molecule has 0 aliphatic rings. The fraction of sp³-hybridized carbons (Fsp3) is 0.263. The first kappa shape index (κ1) is 17.6. The number of carbonyl (C=O) groups is 1. The van der Waals surface area contributed by atoms with E-state index in [1.54, 1.807) is 11.3 Å². The summed E-state index contributed by atoms with van der Waals surface area (Å²) in [5, 5.41) is 7.35. The van der Waals surface area contributed by atoms with Crippen molar-refractivity contribution in [2.24, 2.45) is 0 Å². The molecule has 0 saturated carbocycles. The number of thiazole rings is 1. The van der Waals surface area contributed by atoms with Gasteiger partial charge in [-0.15, -0.1) is 22.7 Å². The van der Waals surface area contributed by atoms with Gasteiger partial charge in [0.2, 0.25) is 0 Å². The van der Waals surface area contributed by atoms with Gasteiger partial charge in [0.05, 0.1) is 10.6 Å². The zero-order valence-corrected chi connectivity index (χ0v) is 16.0. The minimum absolute atomic E-state index is 0.0307. The second-order valence-corrected chi connectivity index (χ2v) is 7.85. The first-order chi connectivity index (χ1) is 12.0. The van der Waals surface area contributed by atoms with Gasteiger partial charge < -0.3 is 4.74 Å². The van der Waals surface area contributed by atoms with Crippen molar-refractivity contribution in [3.8, 4) is 16.3 Å². The molecule has 0 spiro atoms. The minimum Gasteiger partial charge on any atom is -0.483 e. The average molecular weight is 373 g/mol. The number of hydrogen-bond acceptors (Lipinski definition) is 5. The van der Waals surface area contributed by atoms with Crippen molar-refractivity contribution in [2.75, 3.05) is 11.9 Å². The number of nitrogens with zero attached hydrogens (tertiary/aromatic N) is 1. The van der Waals surface area contributed by atoms with Crippen molar-refractivity contribution in [1.82, 2.24) is 4.98 Å². The van der Waals surface area contributed by atoms with Crippen molar-refractivity contribution < 1.29 is 9.53 Å². The van der Waals surface area contributed by atoms with E-state index >= 15 is 0 Å². The maximum absolute atomic E-state index is 12.2. The first-order valence-electron chi connectivity index (χ1n) is 8.05. The lowest BCUT2D eigenvalue weighted by molar-refractivity contribution is -0.118. The third kappa shape index (κ3) is 4.46. The van der Waals surface area contributed by atoms with E-state index in [2.05, 4.69) is 36.3 Å². The minimum atomic E-state index is -0.205. The molecule has 3 aromatic rings. The van der Waals surface area contributed by atoms with Gasteiger partial charge in [-0.2, -0.15) is 0 Å². The summed E-state index contributed by atoms with van der Waals surface area (Å²) in [7, 11) is 0. The predicted octanol–water partition coefficient (Wildman–Crippen LogP) is 5.32. The highest BCUT2D eigenvalue weighted by atomic mass is 32.1. The molecule has 6 heteroatoms. The van der Waals surface area contributed by atoms with Crippen LogP contribution in [-0.4, -0.2) is 17.5 Å². The van der Waals surface area contributed by atoms with Gasteiger partial charge in [-0.3, -0.25) is 10.1 Å². The lowest BCUT2D eigenvalue weighted by atomic mass is 10.0. The van der Waals surface area contributed by atoms with E-state index < -0.39 is 0 Å². The Morgan fingerprint density at radius 2 is 2.12 bits per heavy atom. The van der Waals surface area contributed by atoms with Crippen LogP contribution in [0.2, 0.25) is 0 Å². The van der Waals surface area contributed by atoms with E-state index in [0.29, 0.717) is 11.0 Å². The van der Waals surface area contributed by atoms with Crippen LogP contribution in [0.4, 0.5) is 5.13 Å². The SMILES string of the molecule is Cc1ccc(C(C)C)c(OCC(=O)Nc2nc(-c3cccs3)cs2)c1. The highest BCUT2D eigenvalue weighted by molar-refractivity contribution is 7.16. The smallest absolute Gasteiger partial charge is 0.264 e. The van der Waals surface area contributed by atoms with Crippen LogP contribution < -0.4 is 10.1 Å². The van der Waals surface area contributed by atoms with Crippen molar-refractivity contribution in [3.63, 3.8) is 0 Å². The molecule has 1 N–H and O–H groups in total. The number of hydrogen-bond donors (Lipinski definition) is 1. The molecular formula is C19H20N2O2S2. The van der Waals surface area contributed by atoms with Gasteiger partial charge in [-0.25, -0.2) is 4.98 Å². The Labute approximate surface area is 155 Å². The van der Waals surface area contributed by atoms with E-state index in [0.717, 1.165) is 27.4 Å². The number of carbonyl (C=O) groups excluding carboxylic acids is 1. The maximum atomic E-state index is 12.2. The number of aromatic nitrogens is 1. The Hall–Kier alpha value is -2.18. The summed E-state index contributed by atoms with van der Waals surface area (Å²) < 4.78 is 5.76. The summed E-state index contributed by atoms with van der Waals surface area (Å²) in [5.41, 5.74) is 3.10. The van der Waals surface area contributed by atoms with Crippen LogP contribution in [0.25, 0.3) is 10.6 Å². The Morgan fingerprint density at radius 1 is 1.28 bits per heavy atom. The van der Waals surface area contributed by atoms with E-state index in [1.165, 1.54) is 11.3 Å². The fourth-order valence-electron chi connectivity index (χ4n) is 2.41. The van der Waals surface area contributed by atoms with Crippen molar-refractivity contribution in [1.29, 1.82) is 0 Å². The Bertz CT molecular complexity index is 854. The number of aryl methyl sites for hydroxylation is 1. The molecule has 0 bridgehead atoms. The van der Waals surface area contributed by atoms with Crippen molar-refractivity contribution in [3.05, 3.63) is 52.2 Å². The summed E-state index contributed by atoms with van der Waals surface area (Å²) in [6.07, 6.45) is 0. The number of benzene rings is 1. The van der Waals surface area contributed by atoms with Crippen LogP contribution in [0, 0.1) is 6.92 Å². The molecule has 0 atom stereocenters. The molecule has 0 unspecified atom stereocenters. The van der Waals surface area contributed by atoms with Gasteiger partial charge in [0.15, 0.2) is 11.7 Å². The lowest BCUT2D eigenvalue weighted by Gasteiger charge is -2.14. The number of ether oxygens (including phenoxy) is 1. The maximum Gasteiger partial charge on any atom is 0.264 e.